The smallest absolute Gasteiger partial charge is 0.341 e. The largest absolute Gasteiger partial charge is 0.372 e. The van der Waals surface area contributed by atoms with Crippen LogP contribution in [0.25, 0.3) is 0 Å². The number of nitrogens with two attached hydrogens (primary N) is 2. The van der Waals surface area contributed by atoms with Crippen molar-refractivity contribution in [2.24, 2.45) is 11.6 Å². The molecule has 0 aliphatic carbocycles. The van der Waals surface area contributed by atoms with Crippen LogP contribution in [0.4, 0.5) is 0 Å². The fourth-order valence-electron chi connectivity index (χ4n) is 0.363. The summed E-state index contributed by atoms with van der Waals surface area (Å²) >= 11 is 0. The Bertz CT molecular complexity index is 114. The number of hydrogen-bond donors (Lipinski definition) is 2. The van der Waals surface area contributed by atoms with Crippen LogP contribution in [0.15, 0.2) is 12.7 Å². The Morgan fingerprint density at radius 2 is 2.44 bits per heavy atom. The van der Waals surface area contributed by atoms with E-state index in [0.29, 0.717) is 6.42 Å². The lowest BCUT2D eigenvalue weighted by molar-refractivity contribution is -0.145. The molecule has 1 atom stereocenters. The molecule has 0 radical (unpaired) electrons. The second-order valence-corrected chi connectivity index (χ2v) is 1.57. The van der Waals surface area contributed by atoms with E-state index in [1.165, 1.54) is 6.08 Å². The second kappa shape index (κ2) is 4.05. The van der Waals surface area contributed by atoms with Gasteiger partial charge < -0.3 is 10.6 Å². The lowest BCUT2D eigenvalue weighted by atomic mass is 10.2. The Kier molecular flexibility index (Phi) is 3.66. The van der Waals surface area contributed by atoms with Crippen molar-refractivity contribution in [3.05, 3.63) is 12.7 Å². The van der Waals surface area contributed by atoms with E-state index >= 15 is 0 Å². The number of carbonyl (C=O) groups excluding carboxylic acids is 1. The summed E-state index contributed by atoms with van der Waals surface area (Å²) in [6.07, 6.45) is 1.91. The molecule has 0 aliphatic rings. The number of rotatable bonds is 3. The summed E-state index contributed by atoms with van der Waals surface area (Å²) < 4.78 is 0. The van der Waals surface area contributed by atoms with Crippen molar-refractivity contribution >= 4 is 5.97 Å². The zero-order chi connectivity index (χ0) is 7.28. The quantitative estimate of drug-likeness (QED) is 0.391. The zero-order valence-corrected chi connectivity index (χ0v) is 5.04. The lowest BCUT2D eigenvalue weighted by Crippen LogP contribution is -2.33. The summed E-state index contributed by atoms with van der Waals surface area (Å²) in [6.45, 7) is 3.39. The zero-order valence-electron chi connectivity index (χ0n) is 5.04. The normalized spacial score (nSPS) is 12.2. The Morgan fingerprint density at radius 3 is 2.78 bits per heavy atom. The van der Waals surface area contributed by atoms with E-state index in [0.717, 1.165) is 0 Å². The first-order chi connectivity index (χ1) is 4.22. The minimum absolute atomic E-state index is 0.385. The van der Waals surface area contributed by atoms with Crippen LogP contribution >= 0.6 is 0 Å². The van der Waals surface area contributed by atoms with Crippen LogP contribution in [0, 0.1) is 0 Å². The maximum atomic E-state index is 10.4. The summed E-state index contributed by atoms with van der Waals surface area (Å²) in [5.41, 5.74) is 5.21. The van der Waals surface area contributed by atoms with Gasteiger partial charge in [0.25, 0.3) is 0 Å². The topological polar surface area (TPSA) is 78.3 Å². The predicted octanol–water partition coefficient (Wildman–Crippen LogP) is -0.693. The van der Waals surface area contributed by atoms with Crippen molar-refractivity contribution in [3.63, 3.8) is 0 Å². The first-order valence-electron chi connectivity index (χ1n) is 2.49. The molecular formula is C5H10N2O2. The molecular weight excluding hydrogens is 120 g/mol. The molecule has 0 saturated carbocycles. The Hall–Kier alpha value is -0.870. The first kappa shape index (κ1) is 8.13. The van der Waals surface area contributed by atoms with Crippen LogP contribution in [0.2, 0.25) is 0 Å². The number of carbonyl (C=O) groups is 1. The molecule has 9 heavy (non-hydrogen) atoms. The van der Waals surface area contributed by atoms with Gasteiger partial charge in [-0.05, 0) is 6.42 Å². The van der Waals surface area contributed by atoms with E-state index in [9.17, 15) is 4.79 Å². The Morgan fingerprint density at radius 1 is 1.89 bits per heavy atom. The van der Waals surface area contributed by atoms with Gasteiger partial charge in [0.05, 0.1) is 0 Å². The highest BCUT2D eigenvalue weighted by molar-refractivity contribution is 5.75. The van der Waals surface area contributed by atoms with E-state index in [2.05, 4.69) is 17.3 Å². The maximum absolute atomic E-state index is 10.4. The first-order valence-corrected chi connectivity index (χ1v) is 2.49. The lowest BCUT2D eigenvalue weighted by Gasteiger charge is -2.02. The van der Waals surface area contributed by atoms with E-state index in [4.69, 9.17) is 5.73 Å². The van der Waals surface area contributed by atoms with Crippen molar-refractivity contribution in [1.82, 2.24) is 0 Å². The minimum atomic E-state index is -0.674. The number of hydrogen-bond acceptors (Lipinski definition) is 4. The summed E-state index contributed by atoms with van der Waals surface area (Å²) in [4.78, 5) is 14.2. The Labute approximate surface area is 53.4 Å². The van der Waals surface area contributed by atoms with Crippen molar-refractivity contribution < 1.29 is 9.63 Å². The van der Waals surface area contributed by atoms with Gasteiger partial charge in [-0.1, -0.05) is 6.08 Å². The molecule has 52 valence electrons. The monoisotopic (exact) mass is 130 g/mol. The van der Waals surface area contributed by atoms with Gasteiger partial charge in [0, 0.05) is 0 Å². The molecule has 0 amide bonds. The van der Waals surface area contributed by atoms with Crippen LogP contribution in [-0.2, 0) is 9.63 Å². The summed E-state index contributed by atoms with van der Waals surface area (Å²) in [7, 11) is 0. The molecule has 4 heteroatoms. The third-order valence-corrected chi connectivity index (χ3v) is 0.840. The van der Waals surface area contributed by atoms with E-state index in [1.54, 1.807) is 0 Å². The van der Waals surface area contributed by atoms with Gasteiger partial charge in [-0.3, -0.25) is 0 Å². The van der Waals surface area contributed by atoms with Crippen LogP contribution in [0.5, 0.6) is 0 Å². The highest BCUT2D eigenvalue weighted by Crippen LogP contribution is 1.88. The fourth-order valence-corrected chi connectivity index (χ4v) is 0.363. The molecule has 0 rings (SSSR count). The van der Waals surface area contributed by atoms with Crippen LogP contribution < -0.4 is 11.6 Å². The van der Waals surface area contributed by atoms with E-state index < -0.39 is 12.0 Å². The van der Waals surface area contributed by atoms with Crippen molar-refractivity contribution in [3.8, 4) is 0 Å². The Balaban J connectivity index is 3.58. The average molecular weight is 130 g/mol. The molecule has 0 aromatic carbocycles. The standard InChI is InChI=1S/C5H10N2O2/c1-2-3-4(6)5(8)9-7/h2,4H,1,3,6-7H2/t4-/m0/s1. The molecule has 0 bridgehead atoms. The van der Waals surface area contributed by atoms with E-state index in [-0.39, 0.29) is 0 Å². The van der Waals surface area contributed by atoms with Crippen LogP contribution in [-0.4, -0.2) is 12.0 Å². The molecule has 0 aliphatic heterocycles. The van der Waals surface area contributed by atoms with Crippen LogP contribution in [0.3, 0.4) is 0 Å². The molecule has 0 aromatic heterocycles. The third kappa shape index (κ3) is 2.84. The van der Waals surface area contributed by atoms with Crippen molar-refractivity contribution in [1.29, 1.82) is 0 Å². The van der Waals surface area contributed by atoms with Gasteiger partial charge in [-0.2, -0.15) is 5.90 Å². The fraction of sp³-hybridized carbons (Fsp3) is 0.400. The van der Waals surface area contributed by atoms with Gasteiger partial charge in [0.1, 0.15) is 6.04 Å². The highest BCUT2D eigenvalue weighted by atomic mass is 16.7. The maximum Gasteiger partial charge on any atom is 0.341 e. The van der Waals surface area contributed by atoms with Gasteiger partial charge in [0.2, 0.25) is 0 Å². The predicted molar refractivity (Wildman–Crippen MR) is 33.1 cm³/mol. The average Bonchev–Trinajstić information content (AvgIpc) is 1.87. The molecule has 0 unspecified atom stereocenters. The van der Waals surface area contributed by atoms with Gasteiger partial charge in [-0.25, -0.2) is 4.79 Å². The molecule has 4 nitrogen and oxygen atoms in total. The van der Waals surface area contributed by atoms with E-state index in [1.807, 2.05) is 0 Å². The van der Waals surface area contributed by atoms with Gasteiger partial charge in [-0.15, -0.1) is 6.58 Å². The molecule has 0 spiro atoms. The molecule has 0 heterocycles. The SMILES string of the molecule is C=CC[C@H](N)C(=O)ON. The highest BCUT2D eigenvalue weighted by Gasteiger charge is 2.10. The van der Waals surface area contributed by atoms with Crippen molar-refractivity contribution in [2.45, 2.75) is 12.5 Å². The minimum Gasteiger partial charge on any atom is -0.372 e. The summed E-state index contributed by atoms with van der Waals surface area (Å²) in [5.74, 6) is 3.92. The van der Waals surface area contributed by atoms with Crippen LogP contribution in [0.1, 0.15) is 6.42 Å². The molecule has 0 aromatic rings. The van der Waals surface area contributed by atoms with Gasteiger partial charge in [0.15, 0.2) is 0 Å². The second-order valence-electron chi connectivity index (χ2n) is 1.57. The third-order valence-electron chi connectivity index (χ3n) is 0.840. The van der Waals surface area contributed by atoms with Crippen molar-refractivity contribution in [2.75, 3.05) is 0 Å². The van der Waals surface area contributed by atoms with Gasteiger partial charge >= 0.3 is 5.97 Å². The molecule has 4 N–H and O–H groups in total. The molecule has 0 saturated heterocycles. The molecule has 0 fully saturated rings. The summed E-state index contributed by atoms with van der Waals surface area (Å²) in [5, 5.41) is 0. The summed E-state index contributed by atoms with van der Waals surface area (Å²) in [6, 6.07) is -0.674.